The number of fused-ring (bicyclic) bond motifs is 1. The van der Waals surface area contributed by atoms with E-state index >= 15 is 0 Å². The number of aliphatic carboxylic acids is 1. The summed E-state index contributed by atoms with van der Waals surface area (Å²) < 4.78 is 0. The molecule has 0 aromatic carbocycles. The molecule has 2 fully saturated rings. The van der Waals surface area contributed by atoms with E-state index in [2.05, 4.69) is 15.5 Å². The highest BCUT2D eigenvalue weighted by molar-refractivity contribution is 5.78. The summed E-state index contributed by atoms with van der Waals surface area (Å²) in [6.45, 7) is 3.93. The Morgan fingerprint density at radius 2 is 2.21 bits per heavy atom. The number of rotatable bonds is 6. The van der Waals surface area contributed by atoms with Gasteiger partial charge in [-0.2, -0.15) is 0 Å². The van der Waals surface area contributed by atoms with Gasteiger partial charge in [-0.05, 0) is 31.7 Å². The van der Waals surface area contributed by atoms with Gasteiger partial charge in [0.2, 0.25) is 5.91 Å². The van der Waals surface area contributed by atoms with E-state index in [4.69, 9.17) is 5.11 Å². The van der Waals surface area contributed by atoms with E-state index in [0.29, 0.717) is 31.5 Å². The van der Waals surface area contributed by atoms with Gasteiger partial charge in [0.15, 0.2) is 0 Å². The fraction of sp³-hybridized carbons (Fsp3) is 0.846. The molecule has 0 aromatic heterocycles. The average molecular weight is 269 g/mol. The fourth-order valence-corrected chi connectivity index (χ4v) is 2.99. The molecule has 1 amide bonds. The van der Waals surface area contributed by atoms with E-state index < -0.39 is 5.97 Å². The van der Waals surface area contributed by atoms with Crippen LogP contribution >= 0.6 is 0 Å². The molecule has 2 aliphatic heterocycles. The minimum atomic E-state index is -0.816. The number of amides is 1. The van der Waals surface area contributed by atoms with E-state index in [1.54, 1.807) is 0 Å². The highest BCUT2D eigenvalue weighted by Gasteiger charge is 2.34. The van der Waals surface area contributed by atoms with E-state index in [1.165, 1.54) is 12.8 Å². The zero-order chi connectivity index (χ0) is 13.7. The van der Waals surface area contributed by atoms with Crippen LogP contribution in [0.5, 0.6) is 0 Å². The van der Waals surface area contributed by atoms with Crippen molar-refractivity contribution in [1.82, 2.24) is 15.5 Å². The van der Waals surface area contributed by atoms with Crippen LogP contribution in [-0.2, 0) is 9.59 Å². The van der Waals surface area contributed by atoms with Crippen LogP contribution in [0.25, 0.3) is 0 Å². The summed E-state index contributed by atoms with van der Waals surface area (Å²) in [5.41, 5.74) is 0. The van der Waals surface area contributed by atoms with Gasteiger partial charge in [0, 0.05) is 32.1 Å². The van der Waals surface area contributed by atoms with Crippen molar-refractivity contribution in [2.45, 2.75) is 31.7 Å². The summed E-state index contributed by atoms with van der Waals surface area (Å²) in [5.74, 6) is -0.124. The second-order valence-corrected chi connectivity index (χ2v) is 5.50. The lowest BCUT2D eigenvalue weighted by molar-refractivity contribution is -0.137. The first-order valence-corrected chi connectivity index (χ1v) is 7.09. The Morgan fingerprint density at radius 1 is 1.37 bits per heavy atom. The maximum Gasteiger partial charge on any atom is 0.303 e. The molecule has 2 heterocycles. The normalized spacial score (nSPS) is 26.9. The van der Waals surface area contributed by atoms with Gasteiger partial charge < -0.3 is 15.7 Å². The smallest absolute Gasteiger partial charge is 0.303 e. The van der Waals surface area contributed by atoms with Crippen LogP contribution in [0.2, 0.25) is 0 Å². The van der Waals surface area contributed by atoms with Crippen molar-refractivity contribution in [2.75, 3.05) is 32.7 Å². The standard InChI is InChI=1S/C13H23N3O3/c17-12(15-6-2-4-13(18)19)9-16-7-10-3-1-5-14-11(10)8-16/h10-11,14H,1-9H2,(H,15,17)(H,18,19)/t10-,11+/m0/s1. The maximum absolute atomic E-state index is 11.7. The Labute approximate surface area is 113 Å². The topological polar surface area (TPSA) is 81.7 Å². The Bertz CT molecular complexity index is 321. The summed E-state index contributed by atoms with van der Waals surface area (Å²) in [6, 6.07) is 0.550. The summed E-state index contributed by atoms with van der Waals surface area (Å²) in [7, 11) is 0. The fourth-order valence-electron chi connectivity index (χ4n) is 2.99. The van der Waals surface area contributed by atoms with Crippen molar-refractivity contribution >= 4 is 11.9 Å². The molecule has 6 nitrogen and oxygen atoms in total. The van der Waals surface area contributed by atoms with Crippen molar-refractivity contribution in [2.24, 2.45) is 5.92 Å². The number of nitrogens with one attached hydrogen (secondary N) is 2. The minimum absolute atomic E-state index is 0.00374. The lowest BCUT2D eigenvalue weighted by Crippen LogP contribution is -2.41. The van der Waals surface area contributed by atoms with E-state index in [9.17, 15) is 9.59 Å². The van der Waals surface area contributed by atoms with Crippen molar-refractivity contribution in [3.8, 4) is 0 Å². The molecule has 0 radical (unpaired) electrons. The molecule has 2 rings (SSSR count). The molecule has 2 atom stereocenters. The average Bonchev–Trinajstić information content (AvgIpc) is 2.76. The zero-order valence-corrected chi connectivity index (χ0v) is 11.2. The number of piperidine rings is 1. The molecule has 0 aromatic rings. The van der Waals surface area contributed by atoms with Crippen molar-refractivity contribution in [3.63, 3.8) is 0 Å². The number of hydrogen-bond donors (Lipinski definition) is 3. The second-order valence-electron chi connectivity index (χ2n) is 5.50. The number of hydrogen-bond acceptors (Lipinski definition) is 4. The van der Waals surface area contributed by atoms with Crippen molar-refractivity contribution < 1.29 is 14.7 Å². The number of likely N-dealkylation sites (tertiary alicyclic amines) is 1. The third kappa shape index (κ3) is 4.47. The molecule has 0 bridgehead atoms. The highest BCUT2D eigenvalue weighted by atomic mass is 16.4. The summed E-state index contributed by atoms with van der Waals surface area (Å²) in [4.78, 5) is 24.3. The molecular weight excluding hydrogens is 246 g/mol. The van der Waals surface area contributed by atoms with Gasteiger partial charge in [0.05, 0.1) is 6.54 Å². The molecule has 108 valence electrons. The number of carbonyl (C=O) groups is 2. The molecule has 19 heavy (non-hydrogen) atoms. The predicted octanol–water partition coefficient (Wildman–Crippen LogP) is -0.349. The molecule has 2 saturated heterocycles. The number of carbonyl (C=O) groups excluding carboxylic acids is 1. The van der Waals surface area contributed by atoms with Gasteiger partial charge in [-0.25, -0.2) is 0 Å². The molecule has 0 spiro atoms. The highest BCUT2D eigenvalue weighted by Crippen LogP contribution is 2.24. The molecule has 2 aliphatic rings. The molecular formula is C13H23N3O3. The van der Waals surface area contributed by atoms with Gasteiger partial charge in [0.1, 0.15) is 0 Å². The van der Waals surface area contributed by atoms with Crippen LogP contribution in [0.1, 0.15) is 25.7 Å². The largest absolute Gasteiger partial charge is 0.481 e. The third-order valence-corrected chi connectivity index (χ3v) is 3.93. The quantitative estimate of drug-likeness (QED) is 0.574. The number of carboxylic acid groups (broad SMARTS) is 1. The molecule has 3 N–H and O–H groups in total. The van der Waals surface area contributed by atoms with Gasteiger partial charge in [-0.1, -0.05) is 0 Å². The Kier molecular flexibility index (Phi) is 5.15. The monoisotopic (exact) mass is 269 g/mol. The third-order valence-electron chi connectivity index (χ3n) is 3.93. The summed E-state index contributed by atoms with van der Waals surface area (Å²) >= 11 is 0. The molecule has 0 unspecified atom stereocenters. The minimum Gasteiger partial charge on any atom is -0.481 e. The predicted molar refractivity (Wildman–Crippen MR) is 70.8 cm³/mol. The van der Waals surface area contributed by atoms with Gasteiger partial charge in [0.25, 0.3) is 0 Å². The Balaban J connectivity index is 1.62. The SMILES string of the molecule is O=C(O)CCCNC(=O)CN1C[C@@H]2CCCN[C@@H]2C1. The Hall–Kier alpha value is -1.14. The van der Waals surface area contributed by atoms with Crippen LogP contribution in [0.15, 0.2) is 0 Å². The van der Waals surface area contributed by atoms with Gasteiger partial charge >= 0.3 is 5.97 Å². The van der Waals surface area contributed by atoms with E-state index in [-0.39, 0.29) is 12.3 Å². The zero-order valence-electron chi connectivity index (χ0n) is 11.2. The lowest BCUT2D eigenvalue weighted by Gasteiger charge is -2.24. The summed E-state index contributed by atoms with van der Waals surface area (Å²) in [6.07, 6.45) is 3.09. The van der Waals surface area contributed by atoms with Crippen molar-refractivity contribution in [1.29, 1.82) is 0 Å². The lowest BCUT2D eigenvalue weighted by atomic mass is 9.94. The number of nitrogens with zero attached hydrogens (tertiary/aromatic N) is 1. The molecule has 0 aliphatic carbocycles. The first-order valence-electron chi connectivity index (χ1n) is 7.09. The van der Waals surface area contributed by atoms with Crippen LogP contribution in [0, 0.1) is 5.92 Å². The Morgan fingerprint density at radius 3 is 2.95 bits per heavy atom. The second kappa shape index (κ2) is 6.86. The molecule has 0 saturated carbocycles. The van der Waals surface area contributed by atoms with Crippen LogP contribution in [0.4, 0.5) is 0 Å². The number of carboxylic acids is 1. The first-order chi connectivity index (χ1) is 9.15. The van der Waals surface area contributed by atoms with Gasteiger partial charge in [-0.3, -0.25) is 14.5 Å². The van der Waals surface area contributed by atoms with Crippen LogP contribution in [0.3, 0.4) is 0 Å². The van der Waals surface area contributed by atoms with Crippen LogP contribution in [-0.4, -0.2) is 60.6 Å². The summed E-state index contributed by atoms with van der Waals surface area (Å²) in [5, 5.41) is 14.8. The van der Waals surface area contributed by atoms with Gasteiger partial charge in [-0.15, -0.1) is 0 Å². The van der Waals surface area contributed by atoms with Crippen LogP contribution < -0.4 is 10.6 Å². The molecule has 6 heteroatoms. The van der Waals surface area contributed by atoms with E-state index in [1.807, 2.05) is 0 Å². The van der Waals surface area contributed by atoms with E-state index in [0.717, 1.165) is 19.6 Å². The van der Waals surface area contributed by atoms with Crippen molar-refractivity contribution in [3.05, 3.63) is 0 Å². The first kappa shape index (κ1) is 14.3. The maximum atomic E-state index is 11.7.